The van der Waals surface area contributed by atoms with Gasteiger partial charge >= 0.3 is 5.97 Å². The van der Waals surface area contributed by atoms with Crippen LogP contribution >= 0.6 is 0 Å². The number of hydrogen-bond donors (Lipinski definition) is 0. The molecule has 2 heterocycles. The van der Waals surface area contributed by atoms with Crippen LogP contribution in [0.3, 0.4) is 0 Å². The highest BCUT2D eigenvalue weighted by molar-refractivity contribution is 5.86. The van der Waals surface area contributed by atoms with E-state index < -0.39 is 5.41 Å². The molecule has 152 valence electrons. The van der Waals surface area contributed by atoms with Gasteiger partial charge in [-0.05, 0) is 50.7 Å². The summed E-state index contributed by atoms with van der Waals surface area (Å²) in [6.07, 6.45) is 3.35. The molecule has 0 aliphatic carbocycles. The molecule has 1 unspecified atom stereocenters. The Labute approximate surface area is 166 Å². The van der Waals surface area contributed by atoms with Gasteiger partial charge < -0.3 is 14.5 Å². The van der Waals surface area contributed by atoms with Crippen molar-refractivity contribution in [1.29, 1.82) is 0 Å². The van der Waals surface area contributed by atoms with Gasteiger partial charge in [-0.25, -0.2) is 0 Å². The number of rotatable bonds is 6. The van der Waals surface area contributed by atoms with Gasteiger partial charge in [-0.2, -0.15) is 0 Å². The van der Waals surface area contributed by atoms with Crippen LogP contribution in [-0.4, -0.2) is 60.4 Å². The highest BCUT2D eigenvalue weighted by atomic mass is 16.5. The van der Waals surface area contributed by atoms with Crippen molar-refractivity contribution >= 4 is 17.8 Å². The number of carbonyl (C=O) groups excluding carboxylic acids is 3. The van der Waals surface area contributed by atoms with E-state index >= 15 is 0 Å². The van der Waals surface area contributed by atoms with Crippen molar-refractivity contribution in [2.24, 2.45) is 5.41 Å². The molecule has 2 saturated heterocycles. The normalized spacial score (nSPS) is 22.4. The minimum atomic E-state index is -0.731. The van der Waals surface area contributed by atoms with Gasteiger partial charge in [0.05, 0.1) is 18.6 Å². The molecule has 0 bridgehead atoms. The molecule has 0 radical (unpaired) electrons. The van der Waals surface area contributed by atoms with E-state index in [1.165, 1.54) is 0 Å². The monoisotopic (exact) mass is 386 g/mol. The van der Waals surface area contributed by atoms with E-state index in [4.69, 9.17) is 4.74 Å². The first-order valence-electron chi connectivity index (χ1n) is 10.2. The third kappa shape index (κ3) is 4.37. The van der Waals surface area contributed by atoms with Gasteiger partial charge in [-0.1, -0.05) is 24.3 Å². The van der Waals surface area contributed by atoms with Crippen LogP contribution < -0.4 is 0 Å². The van der Waals surface area contributed by atoms with E-state index in [0.717, 1.165) is 24.0 Å². The lowest BCUT2D eigenvalue weighted by Gasteiger charge is -2.41. The molecule has 0 aromatic heterocycles. The second kappa shape index (κ2) is 8.76. The SMILES string of the molecule is CCOC(=O)C1(Cc2ccccc2C)CCCN(C(=O)CN2CCCC2=O)C1. The maximum atomic E-state index is 13.0. The quantitative estimate of drug-likeness (QED) is 0.704. The second-order valence-corrected chi connectivity index (χ2v) is 7.94. The molecule has 0 N–H and O–H groups in total. The standard InChI is InChI=1S/C22H30N2O4/c1-3-28-21(27)22(14-18-9-5-4-8-17(18)2)11-7-13-24(16-22)20(26)15-23-12-6-10-19(23)25/h4-5,8-9H,3,6-7,10-16H2,1-2H3. The Hall–Kier alpha value is -2.37. The Kier molecular flexibility index (Phi) is 6.37. The summed E-state index contributed by atoms with van der Waals surface area (Å²) < 4.78 is 5.43. The lowest BCUT2D eigenvalue weighted by molar-refractivity contribution is -0.161. The third-order valence-electron chi connectivity index (χ3n) is 5.93. The zero-order valence-electron chi connectivity index (χ0n) is 16.9. The summed E-state index contributed by atoms with van der Waals surface area (Å²) in [5.41, 5.74) is 1.52. The molecular formula is C22H30N2O4. The summed E-state index contributed by atoms with van der Waals surface area (Å²) in [6.45, 7) is 5.90. The van der Waals surface area contributed by atoms with Crippen LogP contribution in [0.15, 0.2) is 24.3 Å². The Bertz CT molecular complexity index is 748. The zero-order valence-corrected chi connectivity index (χ0v) is 16.9. The molecule has 2 aliphatic rings. The van der Waals surface area contributed by atoms with Gasteiger partial charge in [0.1, 0.15) is 0 Å². The van der Waals surface area contributed by atoms with Crippen molar-refractivity contribution in [3.8, 4) is 0 Å². The second-order valence-electron chi connectivity index (χ2n) is 7.94. The van der Waals surface area contributed by atoms with Crippen molar-refractivity contribution in [3.63, 3.8) is 0 Å². The fourth-order valence-electron chi connectivity index (χ4n) is 4.32. The van der Waals surface area contributed by atoms with Crippen LogP contribution in [0.4, 0.5) is 0 Å². The summed E-state index contributed by atoms with van der Waals surface area (Å²) in [6, 6.07) is 8.05. The van der Waals surface area contributed by atoms with Crippen molar-refractivity contribution in [2.45, 2.75) is 46.0 Å². The molecule has 2 fully saturated rings. The number of benzene rings is 1. The molecule has 0 saturated carbocycles. The van der Waals surface area contributed by atoms with Crippen LogP contribution in [0.2, 0.25) is 0 Å². The van der Waals surface area contributed by atoms with Crippen molar-refractivity contribution in [2.75, 3.05) is 32.8 Å². The number of esters is 1. The summed E-state index contributed by atoms with van der Waals surface area (Å²) in [7, 11) is 0. The zero-order chi connectivity index (χ0) is 20.1. The lowest BCUT2D eigenvalue weighted by Crippen LogP contribution is -2.53. The molecule has 6 nitrogen and oxygen atoms in total. The topological polar surface area (TPSA) is 66.9 Å². The van der Waals surface area contributed by atoms with Gasteiger partial charge in [-0.15, -0.1) is 0 Å². The van der Waals surface area contributed by atoms with Crippen molar-refractivity contribution in [1.82, 2.24) is 9.80 Å². The highest BCUT2D eigenvalue weighted by Crippen LogP contribution is 2.36. The molecule has 6 heteroatoms. The van der Waals surface area contributed by atoms with Crippen LogP contribution in [0.5, 0.6) is 0 Å². The lowest BCUT2D eigenvalue weighted by atomic mass is 9.74. The number of ether oxygens (including phenoxy) is 1. The Morgan fingerprint density at radius 1 is 1.18 bits per heavy atom. The minimum absolute atomic E-state index is 0.0434. The van der Waals surface area contributed by atoms with Crippen LogP contribution in [0.25, 0.3) is 0 Å². The van der Waals surface area contributed by atoms with Crippen molar-refractivity contribution in [3.05, 3.63) is 35.4 Å². The maximum absolute atomic E-state index is 13.0. The van der Waals surface area contributed by atoms with E-state index in [2.05, 4.69) is 0 Å². The molecule has 1 aromatic carbocycles. The van der Waals surface area contributed by atoms with Gasteiger partial charge in [0.15, 0.2) is 0 Å². The number of piperidine rings is 1. The summed E-state index contributed by atoms with van der Waals surface area (Å²) >= 11 is 0. The number of hydrogen-bond acceptors (Lipinski definition) is 4. The molecule has 3 rings (SSSR count). The van der Waals surface area contributed by atoms with E-state index in [1.807, 2.05) is 38.1 Å². The van der Waals surface area contributed by atoms with Crippen molar-refractivity contribution < 1.29 is 19.1 Å². The van der Waals surface area contributed by atoms with Crippen LogP contribution in [0, 0.1) is 12.3 Å². The summed E-state index contributed by atoms with van der Waals surface area (Å²) in [4.78, 5) is 41.1. The van der Waals surface area contributed by atoms with E-state index in [9.17, 15) is 14.4 Å². The number of likely N-dealkylation sites (tertiary alicyclic amines) is 2. The average molecular weight is 386 g/mol. The smallest absolute Gasteiger partial charge is 0.314 e. The summed E-state index contributed by atoms with van der Waals surface area (Å²) in [5, 5.41) is 0. The van der Waals surface area contributed by atoms with Crippen LogP contribution in [0.1, 0.15) is 43.7 Å². The highest BCUT2D eigenvalue weighted by Gasteiger charge is 2.45. The van der Waals surface area contributed by atoms with E-state index in [1.54, 1.807) is 9.80 Å². The first-order chi connectivity index (χ1) is 13.4. The number of amides is 2. The van der Waals surface area contributed by atoms with Crippen LogP contribution in [-0.2, 0) is 25.5 Å². The maximum Gasteiger partial charge on any atom is 0.314 e. The summed E-state index contributed by atoms with van der Waals surface area (Å²) in [5.74, 6) is -0.261. The fourth-order valence-corrected chi connectivity index (χ4v) is 4.32. The first kappa shape index (κ1) is 20.4. The first-order valence-corrected chi connectivity index (χ1v) is 10.2. The number of aryl methyl sites for hydroxylation is 1. The van der Waals surface area contributed by atoms with Gasteiger partial charge in [0.25, 0.3) is 0 Å². The predicted molar refractivity (Wildman–Crippen MR) is 106 cm³/mol. The van der Waals surface area contributed by atoms with E-state index in [-0.39, 0.29) is 24.3 Å². The molecule has 0 spiro atoms. The number of nitrogens with zero attached hydrogens (tertiary/aromatic N) is 2. The van der Waals surface area contributed by atoms with E-state index in [0.29, 0.717) is 45.5 Å². The Balaban J connectivity index is 1.79. The van der Waals surface area contributed by atoms with Gasteiger partial charge in [0, 0.05) is 26.1 Å². The Morgan fingerprint density at radius 3 is 2.64 bits per heavy atom. The minimum Gasteiger partial charge on any atom is -0.466 e. The largest absolute Gasteiger partial charge is 0.466 e. The molecule has 2 amide bonds. The average Bonchev–Trinajstić information content (AvgIpc) is 3.08. The molecule has 1 aromatic rings. The molecular weight excluding hydrogens is 356 g/mol. The molecule has 28 heavy (non-hydrogen) atoms. The Morgan fingerprint density at radius 2 is 1.96 bits per heavy atom. The van der Waals surface area contributed by atoms with Gasteiger partial charge in [-0.3, -0.25) is 14.4 Å². The fraction of sp³-hybridized carbons (Fsp3) is 0.591. The number of carbonyl (C=O) groups is 3. The molecule has 1 atom stereocenters. The van der Waals surface area contributed by atoms with Gasteiger partial charge in [0.2, 0.25) is 11.8 Å². The predicted octanol–water partition coefficient (Wildman–Crippen LogP) is 2.33. The third-order valence-corrected chi connectivity index (χ3v) is 5.93. The molecule has 2 aliphatic heterocycles.